The largest absolute Gasteiger partial charge is 0.508 e. The van der Waals surface area contributed by atoms with E-state index >= 15 is 0 Å². The fraction of sp³-hybridized carbons (Fsp3) is 0.200. The zero-order valence-corrected chi connectivity index (χ0v) is 21.8. The van der Waals surface area contributed by atoms with E-state index in [0.717, 1.165) is 27.8 Å². The van der Waals surface area contributed by atoms with Crippen molar-refractivity contribution in [3.63, 3.8) is 0 Å². The minimum absolute atomic E-state index is 0.231. The van der Waals surface area contributed by atoms with Gasteiger partial charge in [-0.15, -0.1) is 0 Å². The second kappa shape index (κ2) is 14.8. The second-order valence-corrected chi connectivity index (χ2v) is 8.28. The number of rotatable bonds is 1. The molecule has 192 valence electrons. The fourth-order valence-electron chi connectivity index (χ4n) is 2.76. The van der Waals surface area contributed by atoms with Crippen LogP contribution in [-0.2, 0) is 0 Å². The first-order valence-corrected chi connectivity index (χ1v) is 11.3. The van der Waals surface area contributed by atoms with Gasteiger partial charge in [0.1, 0.15) is 28.7 Å². The Hall–Kier alpha value is -4.32. The SMILES string of the molecule is COc1cccc(O)c1.Cc1ccc(C)c(O)c1.Cc1ccc(N)cc1O.Cc1cccc(C)c1O. The maximum Gasteiger partial charge on any atom is 0.122 e. The smallest absolute Gasteiger partial charge is 0.122 e. The summed E-state index contributed by atoms with van der Waals surface area (Å²) in [6, 6.07) is 23.1. The van der Waals surface area contributed by atoms with E-state index < -0.39 is 0 Å². The molecule has 0 aromatic heterocycles. The first-order chi connectivity index (χ1) is 16.9. The van der Waals surface area contributed by atoms with Crippen LogP contribution < -0.4 is 10.5 Å². The lowest BCUT2D eigenvalue weighted by Crippen LogP contribution is -1.83. The lowest BCUT2D eigenvalue weighted by atomic mass is 10.1. The van der Waals surface area contributed by atoms with Crippen molar-refractivity contribution < 1.29 is 25.2 Å². The Balaban J connectivity index is 0.000000240. The van der Waals surface area contributed by atoms with E-state index in [9.17, 15) is 5.11 Å². The number of nitrogens with two attached hydrogens (primary N) is 1. The van der Waals surface area contributed by atoms with Gasteiger partial charge in [-0.05, 0) is 86.7 Å². The number of ether oxygens (including phenoxy) is 1. The van der Waals surface area contributed by atoms with Gasteiger partial charge in [0.15, 0.2) is 0 Å². The Morgan fingerprint density at radius 3 is 1.50 bits per heavy atom. The number of hydrogen-bond acceptors (Lipinski definition) is 6. The van der Waals surface area contributed by atoms with Gasteiger partial charge in [-0.25, -0.2) is 0 Å². The van der Waals surface area contributed by atoms with Crippen LogP contribution in [-0.4, -0.2) is 27.5 Å². The number of benzene rings is 4. The van der Waals surface area contributed by atoms with Crippen molar-refractivity contribution in [2.75, 3.05) is 12.8 Å². The van der Waals surface area contributed by atoms with Crippen LogP contribution in [0.4, 0.5) is 5.69 Å². The highest BCUT2D eigenvalue weighted by Crippen LogP contribution is 2.20. The lowest BCUT2D eigenvalue weighted by molar-refractivity contribution is 0.407. The second-order valence-electron chi connectivity index (χ2n) is 8.28. The van der Waals surface area contributed by atoms with Crippen molar-refractivity contribution in [2.24, 2.45) is 0 Å². The zero-order valence-electron chi connectivity index (χ0n) is 21.8. The van der Waals surface area contributed by atoms with Gasteiger partial charge in [0, 0.05) is 17.8 Å². The van der Waals surface area contributed by atoms with Gasteiger partial charge in [0.25, 0.3) is 0 Å². The molecule has 0 aliphatic heterocycles. The molecule has 0 heterocycles. The minimum Gasteiger partial charge on any atom is -0.508 e. The maximum atomic E-state index is 9.21. The molecular weight excluding hydrogens is 454 g/mol. The summed E-state index contributed by atoms with van der Waals surface area (Å²) in [6.45, 7) is 9.45. The Bertz CT molecular complexity index is 1170. The average Bonchev–Trinajstić information content (AvgIpc) is 2.84. The van der Waals surface area contributed by atoms with Crippen LogP contribution in [0.15, 0.2) is 78.9 Å². The van der Waals surface area contributed by atoms with E-state index in [1.165, 1.54) is 6.07 Å². The van der Waals surface area contributed by atoms with Crippen LogP contribution in [0.2, 0.25) is 0 Å². The molecule has 0 aliphatic carbocycles. The van der Waals surface area contributed by atoms with Crippen LogP contribution in [0.5, 0.6) is 28.7 Å². The summed E-state index contributed by atoms with van der Waals surface area (Å²) in [5.41, 5.74) is 10.7. The summed E-state index contributed by atoms with van der Waals surface area (Å²) < 4.78 is 4.84. The third-order valence-electron chi connectivity index (χ3n) is 5.09. The maximum absolute atomic E-state index is 9.21. The normalized spacial score (nSPS) is 9.39. The molecule has 0 bridgehead atoms. The molecule has 0 aliphatic rings. The molecule has 4 rings (SSSR count). The fourth-order valence-corrected chi connectivity index (χ4v) is 2.76. The first-order valence-electron chi connectivity index (χ1n) is 11.3. The highest BCUT2D eigenvalue weighted by molar-refractivity contribution is 5.47. The summed E-state index contributed by atoms with van der Waals surface area (Å²) in [5, 5.41) is 36.2. The summed E-state index contributed by atoms with van der Waals surface area (Å²) in [7, 11) is 1.56. The molecule has 36 heavy (non-hydrogen) atoms. The molecule has 0 saturated heterocycles. The number of hydrogen-bond donors (Lipinski definition) is 5. The zero-order chi connectivity index (χ0) is 27.3. The molecule has 4 aromatic rings. The van der Waals surface area contributed by atoms with Crippen molar-refractivity contribution in [1.82, 2.24) is 0 Å². The highest BCUT2D eigenvalue weighted by atomic mass is 16.5. The van der Waals surface area contributed by atoms with E-state index in [2.05, 4.69) is 0 Å². The third-order valence-corrected chi connectivity index (χ3v) is 5.09. The number of aryl methyl sites for hydroxylation is 5. The van der Waals surface area contributed by atoms with Crippen molar-refractivity contribution in [3.8, 4) is 28.7 Å². The molecule has 4 aromatic carbocycles. The summed E-state index contributed by atoms with van der Waals surface area (Å²) in [6.07, 6.45) is 0. The van der Waals surface area contributed by atoms with E-state index in [-0.39, 0.29) is 11.5 Å². The number of para-hydroxylation sites is 1. The summed E-state index contributed by atoms with van der Waals surface area (Å²) in [4.78, 5) is 0. The van der Waals surface area contributed by atoms with Gasteiger partial charge >= 0.3 is 0 Å². The third kappa shape index (κ3) is 10.7. The Labute approximate surface area is 213 Å². The number of methoxy groups -OCH3 is 1. The minimum atomic E-state index is 0.231. The summed E-state index contributed by atoms with van der Waals surface area (Å²) in [5.74, 6) is 1.96. The number of phenolic OH excluding ortho intramolecular Hbond substituents is 4. The van der Waals surface area contributed by atoms with Gasteiger partial charge in [-0.3, -0.25) is 0 Å². The molecule has 6 heteroatoms. The van der Waals surface area contributed by atoms with Gasteiger partial charge < -0.3 is 30.9 Å². The number of aromatic hydroxyl groups is 4. The van der Waals surface area contributed by atoms with E-state index in [0.29, 0.717) is 22.9 Å². The number of phenols is 4. The van der Waals surface area contributed by atoms with Gasteiger partial charge in [-0.2, -0.15) is 0 Å². The van der Waals surface area contributed by atoms with E-state index in [1.54, 1.807) is 49.6 Å². The molecule has 6 N–H and O–H groups in total. The molecule has 0 atom stereocenters. The topological polar surface area (TPSA) is 116 Å². The highest BCUT2D eigenvalue weighted by Gasteiger charge is 1.95. The quantitative estimate of drug-likeness (QED) is 0.189. The Kier molecular flexibility index (Phi) is 12.2. The molecule has 0 spiro atoms. The van der Waals surface area contributed by atoms with Crippen molar-refractivity contribution in [3.05, 3.63) is 107 Å². The van der Waals surface area contributed by atoms with Crippen molar-refractivity contribution in [1.29, 1.82) is 0 Å². The molecule has 0 fully saturated rings. The number of anilines is 1. The standard InChI is InChI=1S/2C8H10O.C7H9NO.C7H8O2/c1-6-3-4-7(2)8(9)5-6;1-6-4-3-5-7(2)8(6)9;1-5-2-3-6(8)4-7(5)9;1-9-7-4-2-3-6(8)5-7/h2*3-5,9H,1-2H3;2-4,9H,8H2,1H3;2-5,8H,1H3. The first kappa shape index (κ1) is 29.7. The lowest BCUT2D eigenvalue weighted by Gasteiger charge is -1.99. The molecule has 0 saturated carbocycles. The van der Waals surface area contributed by atoms with Gasteiger partial charge in [0.2, 0.25) is 0 Å². The monoisotopic (exact) mass is 491 g/mol. The van der Waals surface area contributed by atoms with E-state index in [4.69, 9.17) is 25.8 Å². The van der Waals surface area contributed by atoms with Crippen LogP contribution in [0.3, 0.4) is 0 Å². The van der Waals surface area contributed by atoms with Crippen LogP contribution in [0.25, 0.3) is 0 Å². The Morgan fingerprint density at radius 1 is 0.583 bits per heavy atom. The van der Waals surface area contributed by atoms with Gasteiger partial charge in [0.05, 0.1) is 7.11 Å². The van der Waals surface area contributed by atoms with E-state index in [1.807, 2.05) is 65.0 Å². The van der Waals surface area contributed by atoms with Crippen molar-refractivity contribution in [2.45, 2.75) is 34.6 Å². The van der Waals surface area contributed by atoms with Crippen molar-refractivity contribution >= 4 is 5.69 Å². The van der Waals surface area contributed by atoms with Crippen LogP contribution >= 0.6 is 0 Å². The van der Waals surface area contributed by atoms with Crippen LogP contribution in [0, 0.1) is 34.6 Å². The Morgan fingerprint density at radius 2 is 1.11 bits per heavy atom. The van der Waals surface area contributed by atoms with Crippen LogP contribution in [0.1, 0.15) is 27.8 Å². The molecule has 0 radical (unpaired) electrons. The summed E-state index contributed by atoms with van der Waals surface area (Å²) >= 11 is 0. The van der Waals surface area contributed by atoms with Gasteiger partial charge in [-0.1, -0.05) is 42.5 Å². The predicted molar refractivity (Wildman–Crippen MR) is 147 cm³/mol. The molecule has 6 nitrogen and oxygen atoms in total. The molecular formula is C30H37NO5. The average molecular weight is 492 g/mol. The number of nitrogen functional groups attached to an aromatic ring is 1. The predicted octanol–water partition coefficient (Wildman–Crippen LogP) is 6.70. The molecule has 0 unspecified atom stereocenters. The molecule has 0 amide bonds.